The summed E-state index contributed by atoms with van der Waals surface area (Å²) in [4.78, 5) is 17.9. The second kappa shape index (κ2) is 5.05. The predicted octanol–water partition coefficient (Wildman–Crippen LogP) is 1.68. The molecule has 16 heavy (non-hydrogen) atoms. The summed E-state index contributed by atoms with van der Waals surface area (Å²) < 4.78 is 0. The summed E-state index contributed by atoms with van der Waals surface area (Å²) in [6, 6.07) is 6.01. The zero-order valence-electron chi connectivity index (χ0n) is 8.93. The van der Waals surface area contributed by atoms with Crippen LogP contribution < -0.4 is 10.2 Å². The number of aromatic amines is 1. The average molecular weight is 235 g/mol. The summed E-state index contributed by atoms with van der Waals surface area (Å²) in [6.07, 6.45) is 1.78. The number of thiazole rings is 1. The van der Waals surface area contributed by atoms with E-state index in [9.17, 15) is 4.79 Å². The molecule has 1 atom stereocenters. The molecule has 0 radical (unpaired) electrons. The lowest BCUT2D eigenvalue weighted by Crippen LogP contribution is -2.19. The van der Waals surface area contributed by atoms with E-state index in [-0.39, 0.29) is 10.9 Å². The van der Waals surface area contributed by atoms with E-state index in [1.54, 1.807) is 6.20 Å². The van der Waals surface area contributed by atoms with Crippen molar-refractivity contribution in [3.8, 4) is 0 Å². The van der Waals surface area contributed by atoms with Gasteiger partial charge in [0.2, 0.25) is 0 Å². The van der Waals surface area contributed by atoms with Gasteiger partial charge in [0.25, 0.3) is 0 Å². The molecular weight excluding hydrogens is 222 g/mol. The van der Waals surface area contributed by atoms with Crippen molar-refractivity contribution in [1.82, 2.24) is 15.3 Å². The van der Waals surface area contributed by atoms with E-state index in [2.05, 4.69) is 15.3 Å². The number of hydrogen-bond acceptors (Lipinski definition) is 4. The first-order valence-electron chi connectivity index (χ1n) is 5.06. The minimum Gasteiger partial charge on any atom is -0.315 e. The second-order valence-corrected chi connectivity index (χ2v) is 4.37. The van der Waals surface area contributed by atoms with Crippen LogP contribution in [0.15, 0.2) is 34.6 Å². The Labute approximate surface area is 97.4 Å². The quantitative estimate of drug-likeness (QED) is 0.847. The van der Waals surface area contributed by atoms with Gasteiger partial charge in [-0.25, -0.2) is 0 Å². The van der Waals surface area contributed by atoms with Crippen molar-refractivity contribution < 1.29 is 0 Å². The number of nitrogens with zero attached hydrogens (tertiary/aromatic N) is 1. The fourth-order valence-corrected chi connectivity index (χ4v) is 1.98. The summed E-state index contributed by atoms with van der Waals surface area (Å²) in [7, 11) is 0. The van der Waals surface area contributed by atoms with Crippen LogP contribution in [0.25, 0.3) is 0 Å². The van der Waals surface area contributed by atoms with Crippen LogP contribution in [-0.2, 0) is 6.54 Å². The predicted molar refractivity (Wildman–Crippen MR) is 64.4 cm³/mol. The number of H-pyrrole nitrogens is 1. The first kappa shape index (κ1) is 11.0. The van der Waals surface area contributed by atoms with Crippen molar-refractivity contribution in [3.63, 3.8) is 0 Å². The smallest absolute Gasteiger partial charge is 0.304 e. The van der Waals surface area contributed by atoms with Gasteiger partial charge in [0.1, 0.15) is 0 Å². The molecule has 4 nitrogen and oxygen atoms in total. The van der Waals surface area contributed by atoms with Crippen LogP contribution in [0.4, 0.5) is 0 Å². The van der Waals surface area contributed by atoms with Crippen LogP contribution >= 0.6 is 11.3 Å². The molecule has 2 rings (SSSR count). The van der Waals surface area contributed by atoms with Crippen LogP contribution in [-0.4, -0.2) is 9.97 Å². The molecule has 0 aliphatic rings. The third-order valence-corrected chi connectivity index (χ3v) is 3.02. The first-order valence-corrected chi connectivity index (χ1v) is 5.94. The van der Waals surface area contributed by atoms with Crippen LogP contribution in [0.5, 0.6) is 0 Å². The molecule has 5 heteroatoms. The van der Waals surface area contributed by atoms with Gasteiger partial charge >= 0.3 is 4.87 Å². The van der Waals surface area contributed by atoms with Gasteiger partial charge in [-0.15, -0.1) is 0 Å². The van der Waals surface area contributed by atoms with Gasteiger partial charge in [0.05, 0.1) is 5.69 Å². The van der Waals surface area contributed by atoms with Gasteiger partial charge in [-0.3, -0.25) is 9.78 Å². The molecule has 0 fully saturated rings. The monoisotopic (exact) mass is 235 g/mol. The maximum absolute atomic E-state index is 10.9. The molecule has 2 N–H and O–H groups in total. The summed E-state index contributed by atoms with van der Waals surface area (Å²) in [5.74, 6) is 0. The Kier molecular flexibility index (Phi) is 3.48. The average Bonchev–Trinajstić information content (AvgIpc) is 2.73. The topological polar surface area (TPSA) is 57.8 Å². The highest BCUT2D eigenvalue weighted by molar-refractivity contribution is 7.07. The zero-order chi connectivity index (χ0) is 11.4. The lowest BCUT2D eigenvalue weighted by Gasteiger charge is -2.11. The molecule has 0 saturated carbocycles. The van der Waals surface area contributed by atoms with Crippen molar-refractivity contribution in [2.75, 3.05) is 0 Å². The van der Waals surface area contributed by atoms with Gasteiger partial charge in [0.15, 0.2) is 0 Å². The molecule has 2 aromatic rings. The fraction of sp³-hybridized carbons (Fsp3) is 0.273. The van der Waals surface area contributed by atoms with E-state index < -0.39 is 0 Å². The Balaban J connectivity index is 1.94. The molecule has 2 aromatic heterocycles. The Morgan fingerprint density at radius 1 is 1.56 bits per heavy atom. The highest BCUT2D eigenvalue weighted by Gasteiger charge is 2.05. The molecule has 0 aromatic carbocycles. The van der Waals surface area contributed by atoms with Crippen molar-refractivity contribution >= 4 is 11.3 Å². The number of nitrogens with one attached hydrogen (secondary N) is 2. The Hall–Kier alpha value is -1.46. The van der Waals surface area contributed by atoms with Crippen molar-refractivity contribution in [2.24, 2.45) is 0 Å². The normalized spacial score (nSPS) is 12.6. The van der Waals surface area contributed by atoms with E-state index >= 15 is 0 Å². The van der Waals surface area contributed by atoms with E-state index in [1.807, 2.05) is 30.5 Å². The number of hydrogen-bond donors (Lipinski definition) is 2. The Morgan fingerprint density at radius 2 is 2.44 bits per heavy atom. The number of rotatable bonds is 4. The molecule has 0 spiro atoms. The number of pyridine rings is 1. The molecular formula is C11H13N3OS. The van der Waals surface area contributed by atoms with Crippen molar-refractivity contribution in [1.29, 1.82) is 0 Å². The molecule has 0 aliphatic heterocycles. The van der Waals surface area contributed by atoms with Crippen molar-refractivity contribution in [2.45, 2.75) is 19.5 Å². The van der Waals surface area contributed by atoms with E-state index in [0.29, 0.717) is 6.54 Å². The maximum atomic E-state index is 10.9. The summed E-state index contributed by atoms with van der Waals surface area (Å²) in [5, 5.41) is 5.14. The van der Waals surface area contributed by atoms with Gasteiger partial charge in [0, 0.05) is 29.9 Å². The first-order chi connectivity index (χ1) is 7.75. The summed E-state index contributed by atoms with van der Waals surface area (Å²) in [5.41, 5.74) is 1.91. The third kappa shape index (κ3) is 2.77. The van der Waals surface area contributed by atoms with Gasteiger partial charge in [-0.05, 0) is 19.1 Å². The zero-order valence-corrected chi connectivity index (χ0v) is 9.75. The van der Waals surface area contributed by atoms with Crippen LogP contribution in [0, 0.1) is 0 Å². The minimum absolute atomic E-state index is 0.0118. The molecule has 2 heterocycles. The fourth-order valence-electron chi connectivity index (χ4n) is 1.40. The van der Waals surface area contributed by atoms with Crippen LogP contribution in [0.2, 0.25) is 0 Å². The molecule has 0 amide bonds. The molecule has 0 bridgehead atoms. The van der Waals surface area contributed by atoms with E-state index in [4.69, 9.17) is 0 Å². The molecule has 84 valence electrons. The summed E-state index contributed by atoms with van der Waals surface area (Å²) in [6.45, 7) is 2.70. The van der Waals surface area contributed by atoms with Gasteiger partial charge in [-0.2, -0.15) is 0 Å². The largest absolute Gasteiger partial charge is 0.315 e. The third-order valence-electron chi connectivity index (χ3n) is 2.30. The Morgan fingerprint density at radius 3 is 3.06 bits per heavy atom. The molecule has 0 saturated heterocycles. The van der Waals surface area contributed by atoms with Gasteiger partial charge < -0.3 is 10.3 Å². The standard InChI is InChI=1S/C11H13N3OS/c1-8(10-4-2-3-5-12-10)13-6-9-7-16-11(15)14-9/h2-5,7-8,13H,6H2,1H3,(H,14,15). The minimum atomic E-state index is -0.0118. The highest BCUT2D eigenvalue weighted by Crippen LogP contribution is 2.08. The number of aromatic nitrogens is 2. The summed E-state index contributed by atoms with van der Waals surface area (Å²) >= 11 is 1.19. The van der Waals surface area contributed by atoms with Crippen molar-refractivity contribution in [3.05, 3.63) is 50.8 Å². The van der Waals surface area contributed by atoms with E-state index in [0.717, 1.165) is 11.4 Å². The lowest BCUT2D eigenvalue weighted by molar-refractivity contribution is 0.556. The lowest BCUT2D eigenvalue weighted by atomic mass is 10.2. The Bertz CT molecular complexity index is 491. The van der Waals surface area contributed by atoms with Crippen LogP contribution in [0.1, 0.15) is 24.4 Å². The second-order valence-electron chi connectivity index (χ2n) is 3.53. The molecule has 1 unspecified atom stereocenters. The van der Waals surface area contributed by atoms with Gasteiger partial charge in [-0.1, -0.05) is 17.4 Å². The SMILES string of the molecule is CC(NCc1csc(=O)[nH]1)c1ccccn1. The van der Waals surface area contributed by atoms with E-state index in [1.165, 1.54) is 11.3 Å². The maximum Gasteiger partial charge on any atom is 0.304 e. The highest BCUT2D eigenvalue weighted by atomic mass is 32.1. The molecule has 0 aliphatic carbocycles. The van der Waals surface area contributed by atoms with Crippen LogP contribution in [0.3, 0.4) is 0 Å².